The highest BCUT2D eigenvalue weighted by Crippen LogP contribution is 2.24. The maximum atomic E-state index is 4.79. The van der Waals surface area contributed by atoms with Gasteiger partial charge < -0.3 is 15.5 Å². The number of guanidine groups is 1. The first-order valence-electron chi connectivity index (χ1n) is 10.5. The number of rotatable bonds is 9. The van der Waals surface area contributed by atoms with E-state index in [1.807, 2.05) is 0 Å². The van der Waals surface area contributed by atoms with E-state index in [1.54, 1.807) is 11.3 Å². The van der Waals surface area contributed by atoms with Crippen molar-refractivity contribution in [3.63, 3.8) is 0 Å². The molecular weight excluding hydrogens is 366 g/mol. The van der Waals surface area contributed by atoms with Gasteiger partial charge in [0.15, 0.2) is 11.1 Å². The monoisotopic (exact) mass is 399 g/mol. The van der Waals surface area contributed by atoms with Gasteiger partial charge >= 0.3 is 0 Å². The molecule has 0 radical (unpaired) electrons. The number of benzene rings is 1. The molecule has 0 saturated carbocycles. The summed E-state index contributed by atoms with van der Waals surface area (Å²) in [6, 6.07) is 11.0. The summed E-state index contributed by atoms with van der Waals surface area (Å²) in [6.45, 7) is 8.25. The van der Waals surface area contributed by atoms with Crippen molar-refractivity contribution in [3.05, 3.63) is 47.0 Å². The molecule has 3 rings (SSSR count). The number of hydrogen-bond acceptors (Lipinski definition) is 4. The first-order valence-corrected chi connectivity index (χ1v) is 11.4. The van der Waals surface area contributed by atoms with Gasteiger partial charge in [0.1, 0.15) is 0 Å². The Morgan fingerprint density at radius 3 is 2.75 bits per heavy atom. The number of aromatic nitrogens is 1. The van der Waals surface area contributed by atoms with Crippen molar-refractivity contribution >= 4 is 22.4 Å². The molecule has 28 heavy (non-hydrogen) atoms. The van der Waals surface area contributed by atoms with Gasteiger partial charge in [-0.2, -0.15) is 0 Å². The van der Waals surface area contributed by atoms with E-state index < -0.39 is 0 Å². The molecule has 1 unspecified atom stereocenters. The number of hydrogen-bond donors (Lipinski definition) is 2. The first kappa shape index (κ1) is 20.6. The van der Waals surface area contributed by atoms with Crippen molar-refractivity contribution < 1.29 is 0 Å². The molecule has 152 valence electrons. The lowest BCUT2D eigenvalue weighted by Gasteiger charge is -2.17. The van der Waals surface area contributed by atoms with Gasteiger partial charge in [-0.15, -0.1) is 11.3 Å². The lowest BCUT2D eigenvalue weighted by molar-refractivity contribution is 0.593. The summed E-state index contributed by atoms with van der Waals surface area (Å²) >= 11 is 1.77. The Kier molecular flexibility index (Phi) is 8.15. The van der Waals surface area contributed by atoms with Gasteiger partial charge in [0, 0.05) is 44.0 Å². The van der Waals surface area contributed by atoms with Crippen LogP contribution in [0.2, 0.25) is 0 Å². The van der Waals surface area contributed by atoms with E-state index in [4.69, 9.17) is 9.98 Å². The summed E-state index contributed by atoms with van der Waals surface area (Å²) in [7, 11) is 0. The molecule has 2 N–H and O–H groups in total. The van der Waals surface area contributed by atoms with Gasteiger partial charge in [0.05, 0.1) is 5.69 Å². The summed E-state index contributed by atoms with van der Waals surface area (Å²) in [5.41, 5.74) is 2.54. The molecule has 1 fully saturated rings. The van der Waals surface area contributed by atoms with E-state index in [0.29, 0.717) is 6.04 Å². The van der Waals surface area contributed by atoms with E-state index >= 15 is 0 Å². The average Bonchev–Trinajstić information content (AvgIpc) is 3.39. The number of aliphatic imine (C=N–C) groups is 1. The normalized spacial score (nSPS) is 15.6. The molecule has 0 spiro atoms. The lowest BCUT2D eigenvalue weighted by Crippen LogP contribution is -2.42. The van der Waals surface area contributed by atoms with Crippen LogP contribution in [0.25, 0.3) is 0 Å². The third-order valence-corrected chi connectivity index (χ3v) is 5.94. The second-order valence-electron chi connectivity index (χ2n) is 7.40. The fourth-order valence-corrected chi connectivity index (χ4v) is 4.31. The SMILES string of the molecule is CCNC(=NCCc1csc(N2CCCC2)n1)NC(C)CCc1ccccc1. The summed E-state index contributed by atoms with van der Waals surface area (Å²) in [5.74, 6) is 0.901. The van der Waals surface area contributed by atoms with Crippen LogP contribution in [-0.2, 0) is 12.8 Å². The van der Waals surface area contributed by atoms with E-state index in [1.165, 1.54) is 23.5 Å². The largest absolute Gasteiger partial charge is 0.357 e. The molecule has 1 aliphatic rings. The zero-order chi connectivity index (χ0) is 19.6. The molecule has 2 heterocycles. The zero-order valence-corrected chi connectivity index (χ0v) is 18.0. The molecule has 5 nitrogen and oxygen atoms in total. The highest BCUT2D eigenvalue weighted by atomic mass is 32.1. The van der Waals surface area contributed by atoms with Gasteiger partial charge in [-0.3, -0.25) is 4.99 Å². The van der Waals surface area contributed by atoms with E-state index in [-0.39, 0.29) is 0 Å². The van der Waals surface area contributed by atoms with Crippen LogP contribution in [0.3, 0.4) is 0 Å². The molecule has 1 aromatic carbocycles. The van der Waals surface area contributed by atoms with Gasteiger partial charge in [-0.05, 0) is 45.1 Å². The number of nitrogens with zero attached hydrogens (tertiary/aromatic N) is 3. The standard InChI is InChI=1S/C22H33N5S/c1-3-23-21(25-18(2)11-12-19-9-5-4-6-10-19)24-14-13-20-17-28-22(26-20)27-15-7-8-16-27/h4-6,9-10,17-18H,3,7-8,11-16H2,1-2H3,(H2,23,24,25). The highest BCUT2D eigenvalue weighted by molar-refractivity contribution is 7.13. The first-order chi connectivity index (χ1) is 13.7. The van der Waals surface area contributed by atoms with Crippen molar-refractivity contribution in [2.24, 2.45) is 4.99 Å². The van der Waals surface area contributed by atoms with Gasteiger partial charge in [0.25, 0.3) is 0 Å². The molecule has 1 aromatic heterocycles. The smallest absolute Gasteiger partial charge is 0.191 e. The van der Waals surface area contributed by atoms with Gasteiger partial charge in [-0.25, -0.2) is 4.98 Å². The summed E-state index contributed by atoms with van der Waals surface area (Å²) in [5, 5.41) is 10.3. The predicted octanol–water partition coefficient (Wildman–Crippen LogP) is 3.86. The average molecular weight is 400 g/mol. The van der Waals surface area contributed by atoms with Crippen molar-refractivity contribution in [1.82, 2.24) is 15.6 Å². The maximum absolute atomic E-state index is 4.79. The lowest BCUT2D eigenvalue weighted by atomic mass is 10.1. The summed E-state index contributed by atoms with van der Waals surface area (Å²) < 4.78 is 0. The predicted molar refractivity (Wildman–Crippen MR) is 121 cm³/mol. The minimum absolute atomic E-state index is 0.374. The molecule has 0 aliphatic carbocycles. The Morgan fingerprint density at radius 2 is 2.00 bits per heavy atom. The fraction of sp³-hybridized carbons (Fsp3) is 0.545. The van der Waals surface area contributed by atoms with Crippen LogP contribution in [-0.4, -0.2) is 43.2 Å². The van der Waals surface area contributed by atoms with Gasteiger partial charge in [0.2, 0.25) is 0 Å². The van der Waals surface area contributed by atoms with Crippen LogP contribution in [0.5, 0.6) is 0 Å². The number of nitrogens with one attached hydrogen (secondary N) is 2. The Hall–Kier alpha value is -2.08. The van der Waals surface area contributed by atoms with Crippen molar-refractivity contribution in [1.29, 1.82) is 0 Å². The molecule has 1 saturated heterocycles. The minimum atomic E-state index is 0.374. The number of anilines is 1. The van der Waals surface area contributed by atoms with E-state index in [2.05, 4.69) is 65.1 Å². The maximum Gasteiger partial charge on any atom is 0.191 e. The Balaban J connectivity index is 1.45. The molecule has 1 aliphatic heterocycles. The second-order valence-corrected chi connectivity index (χ2v) is 8.23. The molecule has 1 atom stereocenters. The van der Waals surface area contributed by atoms with Crippen molar-refractivity contribution in [2.75, 3.05) is 31.1 Å². The topological polar surface area (TPSA) is 52.6 Å². The quantitative estimate of drug-likeness (QED) is 0.497. The highest BCUT2D eigenvalue weighted by Gasteiger charge is 2.15. The van der Waals surface area contributed by atoms with Crippen LogP contribution in [0.4, 0.5) is 5.13 Å². The van der Waals surface area contributed by atoms with Crippen LogP contribution < -0.4 is 15.5 Å². The third-order valence-electron chi connectivity index (χ3n) is 4.99. The van der Waals surface area contributed by atoms with Gasteiger partial charge in [-0.1, -0.05) is 30.3 Å². The molecule has 6 heteroatoms. The van der Waals surface area contributed by atoms with Crippen LogP contribution in [0.15, 0.2) is 40.7 Å². The minimum Gasteiger partial charge on any atom is -0.357 e. The summed E-state index contributed by atoms with van der Waals surface area (Å²) in [6.07, 6.45) is 5.63. The van der Waals surface area contributed by atoms with Crippen LogP contribution in [0.1, 0.15) is 44.4 Å². The van der Waals surface area contributed by atoms with Crippen LogP contribution in [0, 0.1) is 0 Å². The molecule has 2 aromatic rings. The Bertz CT molecular complexity index is 722. The molecule has 0 bridgehead atoms. The van der Waals surface area contributed by atoms with Crippen LogP contribution >= 0.6 is 11.3 Å². The molecular formula is C22H33N5S. The van der Waals surface area contributed by atoms with Crippen molar-refractivity contribution in [2.45, 2.75) is 52.0 Å². The Labute approximate surface area is 173 Å². The number of aryl methyl sites for hydroxylation is 1. The fourth-order valence-electron chi connectivity index (χ4n) is 3.40. The number of thiazole rings is 1. The zero-order valence-electron chi connectivity index (χ0n) is 17.2. The van der Waals surface area contributed by atoms with Crippen molar-refractivity contribution in [3.8, 4) is 0 Å². The van der Waals surface area contributed by atoms with E-state index in [0.717, 1.165) is 57.1 Å². The second kappa shape index (κ2) is 11.1. The Morgan fingerprint density at radius 1 is 1.21 bits per heavy atom. The summed E-state index contributed by atoms with van der Waals surface area (Å²) in [4.78, 5) is 11.9. The van der Waals surface area contributed by atoms with E-state index in [9.17, 15) is 0 Å². The molecule has 0 amide bonds. The third kappa shape index (κ3) is 6.51.